The van der Waals surface area contributed by atoms with Gasteiger partial charge in [0, 0.05) is 44.8 Å². The zero-order chi connectivity index (χ0) is 25.6. The maximum Gasteiger partial charge on any atom is 0.410 e. The molecule has 2 saturated heterocycles. The summed E-state index contributed by atoms with van der Waals surface area (Å²) in [5.41, 5.74) is 1.73. The first-order valence-corrected chi connectivity index (χ1v) is 13.0. The summed E-state index contributed by atoms with van der Waals surface area (Å²) in [7, 11) is 0. The standard InChI is InChI=1S/C29H39N3O4/c1-28(2,3)36-27(34)30-16-14-29(15-17-30,22-24-10-6-4-7-11-24)32-20-18-31(19-21-32)26(33)35-23-25-12-8-5-9-13-25/h4-13H,14-23H2,1-3H3. The van der Waals surface area contributed by atoms with Crippen molar-refractivity contribution >= 4 is 12.2 Å². The number of carbonyl (C=O) groups excluding carboxylic acids is 2. The van der Waals surface area contributed by atoms with Gasteiger partial charge in [0.2, 0.25) is 0 Å². The highest BCUT2D eigenvalue weighted by molar-refractivity contribution is 5.68. The van der Waals surface area contributed by atoms with Gasteiger partial charge in [-0.15, -0.1) is 0 Å². The van der Waals surface area contributed by atoms with Gasteiger partial charge in [0.25, 0.3) is 0 Å². The number of nitrogens with zero attached hydrogens (tertiary/aromatic N) is 3. The van der Waals surface area contributed by atoms with Crippen molar-refractivity contribution in [3.8, 4) is 0 Å². The first-order valence-electron chi connectivity index (χ1n) is 13.0. The highest BCUT2D eigenvalue weighted by Gasteiger charge is 2.43. The molecule has 7 heteroatoms. The van der Waals surface area contributed by atoms with Crippen LogP contribution >= 0.6 is 0 Å². The second-order valence-corrected chi connectivity index (χ2v) is 10.9. The third-order valence-corrected chi connectivity index (χ3v) is 7.14. The molecule has 2 amide bonds. The summed E-state index contributed by atoms with van der Waals surface area (Å²) in [6.45, 7) is 10.2. The first kappa shape index (κ1) is 26.0. The van der Waals surface area contributed by atoms with Gasteiger partial charge in [-0.05, 0) is 51.2 Å². The summed E-state index contributed by atoms with van der Waals surface area (Å²) in [6.07, 6.45) is 2.19. The Bertz CT molecular complexity index is 990. The quantitative estimate of drug-likeness (QED) is 0.590. The zero-order valence-corrected chi connectivity index (χ0v) is 21.8. The van der Waals surface area contributed by atoms with Crippen molar-refractivity contribution in [1.82, 2.24) is 14.7 Å². The van der Waals surface area contributed by atoms with Crippen LogP contribution < -0.4 is 0 Å². The fourth-order valence-corrected chi connectivity index (χ4v) is 5.19. The number of hydrogen-bond donors (Lipinski definition) is 0. The number of carbonyl (C=O) groups is 2. The van der Waals surface area contributed by atoms with Crippen LogP contribution in [-0.2, 0) is 22.5 Å². The molecule has 0 radical (unpaired) electrons. The molecule has 0 spiro atoms. The van der Waals surface area contributed by atoms with Crippen LogP contribution in [0.4, 0.5) is 9.59 Å². The van der Waals surface area contributed by atoms with E-state index in [1.54, 1.807) is 0 Å². The molecule has 2 fully saturated rings. The number of piperazine rings is 1. The molecule has 36 heavy (non-hydrogen) atoms. The van der Waals surface area contributed by atoms with E-state index < -0.39 is 5.60 Å². The van der Waals surface area contributed by atoms with E-state index in [0.717, 1.165) is 37.9 Å². The van der Waals surface area contributed by atoms with Crippen molar-refractivity contribution in [3.05, 3.63) is 71.8 Å². The maximum absolute atomic E-state index is 12.7. The molecule has 2 aromatic carbocycles. The Labute approximate surface area is 215 Å². The lowest BCUT2D eigenvalue weighted by molar-refractivity contribution is -0.0233. The molecule has 2 aliphatic heterocycles. The second kappa shape index (κ2) is 11.3. The fourth-order valence-electron chi connectivity index (χ4n) is 5.19. The number of hydrogen-bond acceptors (Lipinski definition) is 5. The molecule has 0 bridgehead atoms. The SMILES string of the molecule is CC(C)(C)OC(=O)N1CCC(Cc2ccccc2)(N2CCN(C(=O)OCc3ccccc3)CC2)CC1. The largest absolute Gasteiger partial charge is 0.445 e. The third kappa shape index (κ3) is 6.78. The number of benzene rings is 2. The highest BCUT2D eigenvalue weighted by Crippen LogP contribution is 2.34. The Balaban J connectivity index is 1.38. The van der Waals surface area contributed by atoms with Gasteiger partial charge < -0.3 is 19.3 Å². The molecule has 2 aliphatic rings. The number of ether oxygens (including phenoxy) is 2. The summed E-state index contributed by atoms with van der Waals surface area (Å²) in [5, 5.41) is 0. The second-order valence-electron chi connectivity index (χ2n) is 10.9. The third-order valence-electron chi connectivity index (χ3n) is 7.14. The van der Waals surface area contributed by atoms with Crippen molar-refractivity contribution in [3.63, 3.8) is 0 Å². The molecule has 4 rings (SSSR count). The lowest BCUT2D eigenvalue weighted by atomic mass is 9.79. The minimum atomic E-state index is -0.499. The normalized spacial score (nSPS) is 18.5. The van der Waals surface area contributed by atoms with Crippen molar-refractivity contribution in [2.45, 2.75) is 57.8 Å². The van der Waals surface area contributed by atoms with Gasteiger partial charge in [-0.25, -0.2) is 9.59 Å². The van der Waals surface area contributed by atoms with Gasteiger partial charge in [-0.3, -0.25) is 4.90 Å². The Kier molecular flexibility index (Phi) is 8.19. The number of likely N-dealkylation sites (tertiary alicyclic amines) is 1. The van der Waals surface area contributed by atoms with Gasteiger partial charge in [0.15, 0.2) is 0 Å². The first-order chi connectivity index (χ1) is 17.2. The minimum absolute atomic E-state index is 0.0557. The van der Waals surface area contributed by atoms with Crippen LogP contribution in [-0.4, -0.2) is 77.3 Å². The van der Waals surface area contributed by atoms with Crippen molar-refractivity contribution in [2.24, 2.45) is 0 Å². The predicted octanol–water partition coefficient (Wildman–Crippen LogP) is 4.95. The monoisotopic (exact) mass is 493 g/mol. The Hall–Kier alpha value is -3.06. The number of rotatable bonds is 5. The van der Waals surface area contributed by atoms with E-state index in [0.29, 0.717) is 32.8 Å². The van der Waals surface area contributed by atoms with Crippen LogP contribution in [0.1, 0.15) is 44.7 Å². The van der Waals surface area contributed by atoms with E-state index in [1.165, 1.54) is 5.56 Å². The Morgan fingerprint density at radius 1 is 0.750 bits per heavy atom. The maximum atomic E-state index is 12.7. The molecule has 2 aromatic rings. The molecule has 0 unspecified atom stereocenters. The average Bonchev–Trinajstić information content (AvgIpc) is 2.88. The van der Waals surface area contributed by atoms with E-state index in [2.05, 4.69) is 29.2 Å². The van der Waals surface area contributed by atoms with Crippen LogP contribution in [0.15, 0.2) is 60.7 Å². The van der Waals surface area contributed by atoms with Gasteiger partial charge in [0.05, 0.1) is 0 Å². The van der Waals surface area contributed by atoms with E-state index in [4.69, 9.17) is 9.47 Å². The molecule has 0 N–H and O–H groups in total. The lowest BCUT2D eigenvalue weighted by Crippen LogP contribution is -2.62. The fraction of sp³-hybridized carbons (Fsp3) is 0.517. The topological polar surface area (TPSA) is 62.3 Å². The summed E-state index contributed by atoms with van der Waals surface area (Å²) in [4.78, 5) is 31.5. The van der Waals surface area contributed by atoms with Gasteiger partial charge in [-0.1, -0.05) is 60.7 Å². The molecule has 2 heterocycles. The molecule has 0 saturated carbocycles. The molecular weight excluding hydrogens is 454 g/mol. The van der Waals surface area contributed by atoms with Gasteiger partial charge in [-0.2, -0.15) is 0 Å². The molecule has 0 atom stereocenters. The number of amides is 2. The van der Waals surface area contributed by atoms with E-state index in [-0.39, 0.29) is 17.7 Å². The van der Waals surface area contributed by atoms with Crippen molar-refractivity contribution in [2.75, 3.05) is 39.3 Å². The van der Waals surface area contributed by atoms with E-state index >= 15 is 0 Å². The molecule has 194 valence electrons. The average molecular weight is 494 g/mol. The van der Waals surface area contributed by atoms with Crippen LogP contribution in [0.25, 0.3) is 0 Å². The molecule has 0 aliphatic carbocycles. The molecular formula is C29H39N3O4. The van der Waals surface area contributed by atoms with Crippen LogP contribution in [0.3, 0.4) is 0 Å². The summed E-state index contributed by atoms with van der Waals surface area (Å²) in [6, 6.07) is 20.3. The predicted molar refractivity (Wildman–Crippen MR) is 140 cm³/mol. The highest BCUT2D eigenvalue weighted by atomic mass is 16.6. The smallest absolute Gasteiger partial charge is 0.410 e. The van der Waals surface area contributed by atoms with Crippen molar-refractivity contribution < 1.29 is 19.1 Å². The molecule has 7 nitrogen and oxygen atoms in total. The van der Waals surface area contributed by atoms with Crippen LogP contribution in [0.5, 0.6) is 0 Å². The molecule has 0 aromatic heterocycles. The van der Waals surface area contributed by atoms with Crippen LogP contribution in [0.2, 0.25) is 0 Å². The zero-order valence-electron chi connectivity index (χ0n) is 21.8. The Morgan fingerprint density at radius 3 is 1.83 bits per heavy atom. The van der Waals surface area contributed by atoms with E-state index in [9.17, 15) is 9.59 Å². The van der Waals surface area contributed by atoms with Crippen molar-refractivity contribution in [1.29, 1.82) is 0 Å². The van der Waals surface area contributed by atoms with E-state index in [1.807, 2.05) is 67.0 Å². The minimum Gasteiger partial charge on any atom is -0.445 e. The summed E-state index contributed by atoms with van der Waals surface area (Å²) in [5.74, 6) is 0. The lowest BCUT2D eigenvalue weighted by Gasteiger charge is -2.51. The summed E-state index contributed by atoms with van der Waals surface area (Å²) < 4.78 is 11.2. The van der Waals surface area contributed by atoms with Crippen LogP contribution in [0, 0.1) is 0 Å². The van der Waals surface area contributed by atoms with Gasteiger partial charge in [0.1, 0.15) is 12.2 Å². The summed E-state index contributed by atoms with van der Waals surface area (Å²) >= 11 is 0. The van der Waals surface area contributed by atoms with Gasteiger partial charge >= 0.3 is 12.2 Å². The number of piperidine rings is 1. The Morgan fingerprint density at radius 2 is 1.28 bits per heavy atom.